The van der Waals surface area contributed by atoms with E-state index in [2.05, 4.69) is 84.1 Å². The molecule has 0 N–H and O–H groups in total. The summed E-state index contributed by atoms with van der Waals surface area (Å²) >= 11 is 1.65. The normalized spacial score (nSPS) is 15.9. The van der Waals surface area contributed by atoms with E-state index in [0.29, 0.717) is 18.9 Å². The van der Waals surface area contributed by atoms with Crippen molar-refractivity contribution < 1.29 is 9.53 Å². The van der Waals surface area contributed by atoms with Gasteiger partial charge in [0, 0.05) is 32.1 Å². The van der Waals surface area contributed by atoms with Crippen LogP contribution in [0, 0.1) is 5.92 Å². The van der Waals surface area contributed by atoms with Crippen molar-refractivity contribution in [1.29, 1.82) is 0 Å². The fourth-order valence-electron chi connectivity index (χ4n) is 5.10. The molecule has 1 atom stereocenters. The zero-order valence-corrected chi connectivity index (χ0v) is 21.8. The molecular weight excluding hydrogens is 464 g/mol. The molecule has 4 aromatic rings. The van der Waals surface area contributed by atoms with E-state index < -0.39 is 0 Å². The zero-order chi connectivity index (χ0) is 24.7. The summed E-state index contributed by atoms with van der Waals surface area (Å²) in [5, 5.41) is 6.71. The van der Waals surface area contributed by atoms with Gasteiger partial charge in [-0.25, -0.2) is 0 Å². The van der Waals surface area contributed by atoms with Crippen LogP contribution in [-0.2, 0) is 24.3 Å². The number of hydrogen-bond donors (Lipinski definition) is 0. The van der Waals surface area contributed by atoms with Crippen LogP contribution in [-0.4, -0.2) is 42.5 Å². The number of fused-ring (bicyclic) bond motifs is 1. The lowest BCUT2D eigenvalue weighted by Gasteiger charge is -2.32. The van der Waals surface area contributed by atoms with E-state index in [1.165, 1.54) is 21.9 Å². The Balaban J connectivity index is 1.10. The van der Waals surface area contributed by atoms with E-state index in [1.54, 1.807) is 11.3 Å². The summed E-state index contributed by atoms with van der Waals surface area (Å²) in [5.74, 6) is 1.52. The quantitative estimate of drug-likeness (QED) is 0.268. The Morgan fingerprint density at radius 1 is 1.00 bits per heavy atom. The van der Waals surface area contributed by atoms with Crippen molar-refractivity contribution in [3.05, 3.63) is 100 Å². The number of ether oxygens (including phenoxy) is 1. The minimum atomic E-state index is 0.232. The maximum atomic E-state index is 12.7. The third-order valence-electron chi connectivity index (χ3n) is 6.99. The van der Waals surface area contributed by atoms with Crippen molar-refractivity contribution in [2.24, 2.45) is 5.92 Å². The predicted octanol–water partition coefficient (Wildman–Crippen LogP) is 6.39. The van der Waals surface area contributed by atoms with E-state index in [4.69, 9.17) is 4.74 Å². The van der Waals surface area contributed by atoms with Gasteiger partial charge in [-0.2, -0.15) is 11.3 Å². The summed E-state index contributed by atoms with van der Waals surface area (Å²) in [6.45, 7) is 4.10. The molecule has 3 aromatic carbocycles. The number of hydrogen-bond acceptors (Lipinski definition) is 4. The standard InChI is InChI=1S/C31H34N2O2S/c1-32(21-28-9-4-8-27-7-2-3-10-30(27)28)19-24-11-13-29(14-12-24)35-22-26-6-5-16-33(20-26)31(34)18-25-15-17-36-23-25/h2-4,7-15,17,23,26H,5-6,16,18-22H2,1H3. The molecule has 1 amide bonds. The monoisotopic (exact) mass is 498 g/mol. The third kappa shape index (κ3) is 6.34. The highest BCUT2D eigenvalue weighted by Crippen LogP contribution is 2.22. The first-order valence-corrected chi connectivity index (χ1v) is 13.7. The van der Waals surface area contributed by atoms with Gasteiger partial charge in [0.2, 0.25) is 5.91 Å². The van der Waals surface area contributed by atoms with E-state index >= 15 is 0 Å². The smallest absolute Gasteiger partial charge is 0.227 e. The average Bonchev–Trinajstić information content (AvgIpc) is 3.42. The topological polar surface area (TPSA) is 32.8 Å². The molecule has 5 heteroatoms. The zero-order valence-electron chi connectivity index (χ0n) is 20.9. The van der Waals surface area contributed by atoms with Crippen molar-refractivity contribution >= 4 is 28.0 Å². The molecule has 1 fully saturated rings. The molecule has 0 radical (unpaired) electrons. The summed E-state index contributed by atoms with van der Waals surface area (Å²) in [6.07, 6.45) is 2.66. The molecule has 0 saturated carbocycles. The second kappa shape index (κ2) is 11.7. The van der Waals surface area contributed by atoms with Crippen LogP contribution >= 0.6 is 11.3 Å². The molecule has 1 aliphatic heterocycles. The van der Waals surface area contributed by atoms with Gasteiger partial charge < -0.3 is 9.64 Å². The Hall–Kier alpha value is -3.15. The number of benzene rings is 3. The maximum Gasteiger partial charge on any atom is 0.227 e. The SMILES string of the molecule is CN(Cc1ccc(OCC2CCCN(C(=O)Cc3ccsc3)C2)cc1)Cc1cccc2ccccc12. The molecule has 5 rings (SSSR count). The number of carbonyl (C=O) groups excluding carboxylic acids is 1. The first-order chi connectivity index (χ1) is 17.6. The summed E-state index contributed by atoms with van der Waals surface area (Å²) < 4.78 is 6.13. The molecule has 1 unspecified atom stereocenters. The Kier molecular flexibility index (Phi) is 7.99. The predicted molar refractivity (Wildman–Crippen MR) is 148 cm³/mol. The van der Waals surface area contributed by atoms with Crippen LogP contribution in [0.3, 0.4) is 0 Å². The molecule has 0 spiro atoms. The fraction of sp³-hybridized carbons (Fsp3) is 0.323. The third-order valence-corrected chi connectivity index (χ3v) is 7.72. The van der Waals surface area contributed by atoms with E-state index in [1.807, 2.05) is 16.3 Å². The van der Waals surface area contributed by atoms with E-state index in [0.717, 1.165) is 50.3 Å². The average molecular weight is 499 g/mol. The highest BCUT2D eigenvalue weighted by Gasteiger charge is 2.24. The largest absolute Gasteiger partial charge is 0.493 e. The molecule has 36 heavy (non-hydrogen) atoms. The van der Waals surface area contributed by atoms with Crippen LogP contribution in [0.1, 0.15) is 29.5 Å². The number of likely N-dealkylation sites (tertiary alicyclic amines) is 1. The van der Waals surface area contributed by atoms with Gasteiger partial charge in [0.25, 0.3) is 0 Å². The molecular formula is C31H34N2O2S. The lowest BCUT2D eigenvalue weighted by molar-refractivity contribution is -0.132. The number of rotatable bonds is 9. The van der Waals surface area contributed by atoms with Gasteiger partial charge in [-0.15, -0.1) is 0 Å². The van der Waals surface area contributed by atoms with Crippen molar-refractivity contribution in [3.63, 3.8) is 0 Å². The van der Waals surface area contributed by atoms with Gasteiger partial charge in [0.05, 0.1) is 13.0 Å². The second-order valence-corrected chi connectivity index (χ2v) is 10.7. The highest BCUT2D eigenvalue weighted by atomic mass is 32.1. The lowest BCUT2D eigenvalue weighted by Crippen LogP contribution is -2.42. The van der Waals surface area contributed by atoms with Gasteiger partial charge in [0.1, 0.15) is 5.75 Å². The minimum absolute atomic E-state index is 0.232. The van der Waals surface area contributed by atoms with Gasteiger partial charge in [-0.1, -0.05) is 54.6 Å². The summed E-state index contributed by atoms with van der Waals surface area (Å²) in [4.78, 5) is 17.0. The Morgan fingerprint density at radius 2 is 1.83 bits per heavy atom. The first kappa shape index (κ1) is 24.5. The molecule has 186 valence electrons. The Labute approximate surface area is 218 Å². The van der Waals surface area contributed by atoms with Crippen molar-refractivity contribution in [3.8, 4) is 5.75 Å². The number of nitrogens with zero attached hydrogens (tertiary/aromatic N) is 2. The fourth-order valence-corrected chi connectivity index (χ4v) is 5.77. The van der Waals surface area contributed by atoms with Crippen LogP contribution < -0.4 is 4.74 Å². The van der Waals surface area contributed by atoms with Crippen molar-refractivity contribution in [1.82, 2.24) is 9.80 Å². The van der Waals surface area contributed by atoms with Gasteiger partial charge in [-0.05, 0) is 76.3 Å². The number of amides is 1. The maximum absolute atomic E-state index is 12.7. The molecule has 2 heterocycles. The van der Waals surface area contributed by atoms with Gasteiger partial charge in [-0.3, -0.25) is 9.69 Å². The summed E-state index contributed by atoms with van der Waals surface area (Å²) in [7, 11) is 2.17. The first-order valence-electron chi connectivity index (χ1n) is 12.8. The van der Waals surface area contributed by atoms with Gasteiger partial charge >= 0.3 is 0 Å². The second-order valence-electron chi connectivity index (χ2n) is 9.92. The molecule has 1 saturated heterocycles. The van der Waals surface area contributed by atoms with Crippen LogP contribution in [0.4, 0.5) is 0 Å². The highest BCUT2D eigenvalue weighted by molar-refractivity contribution is 7.08. The lowest BCUT2D eigenvalue weighted by atomic mass is 9.98. The number of thiophene rings is 1. The van der Waals surface area contributed by atoms with Crippen LogP contribution in [0.25, 0.3) is 10.8 Å². The molecule has 1 aliphatic rings. The summed E-state index contributed by atoms with van der Waals surface area (Å²) in [6, 6.07) is 25.6. The molecule has 0 aliphatic carbocycles. The Bertz CT molecular complexity index is 1260. The minimum Gasteiger partial charge on any atom is -0.493 e. The number of piperidine rings is 1. The van der Waals surface area contributed by atoms with Crippen molar-refractivity contribution in [2.45, 2.75) is 32.4 Å². The van der Waals surface area contributed by atoms with Crippen molar-refractivity contribution in [2.75, 3.05) is 26.7 Å². The molecule has 1 aromatic heterocycles. The van der Waals surface area contributed by atoms with Crippen LogP contribution in [0.15, 0.2) is 83.6 Å². The summed E-state index contributed by atoms with van der Waals surface area (Å²) in [5.41, 5.74) is 3.74. The van der Waals surface area contributed by atoms with E-state index in [9.17, 15) is 4.79 Å². The van der Waals surface area contributed by atoms with Gasteiger partial charge in [0.15, 0.2) is 0 Å². The Morgan fingerprint density at radius 3 is 2.67 bits per heavy atom. The number of carbonyl (C=O) groups is 1. The van der Waals surface area contributed by atoms with Crippen LogP contribution in [0.2, 0.25) is 0 Å². The molecule has 0 bridgehead atoms. The van der Waals surface area contributed by atoms with Crippen LogP contribution in [0.5, 0.6) is 5.75 Å². The molecule has 4 nitrogen and oxygen atoms in total. The van der Waals surface area contributed by atoms with E-state index in [-0.39, 0.29) is 5.91 Å².